The third kappa shape index (κ3) is 4.62. The van der Waals surface area contributed by atoms with Crippen LogP contribution in [0.4, 0.5) is 5.69 Å². The van der Waals surface area contributed by atoms with Gasteiger partial charge in [-0.05, 0) is 60.1 Å². The molecule has 2 aromatic heterocycles. The molecule has 0 fully saturated rings. The van der Waals surface area contributed by atoms with E-state index in [4.69, 9.17) is 9.15 Å². The average Bonchev–Trinajstić information content (AvgIpc) is 3.23. The molecule has 9 heteroatoms. The van der Waals surface area contributed by atoms with E-state index in [9.17, 15) is 14.4 Å². The summed E-state index contributed by atoms with van der Waals surface area (Å²) in [4.78, 5) is 37.3. The SMILES string of the molecule is Cc1c(NC(=O)C(C)OC(=O)/C=C/c2ccc(Br)o2)c(=O)n(-c2ccccc2)n1C. The van der Waals surface area contributed by atoms with Crippen LogP contribution < -0.4 is 10.9 Å². The molecule has 3 aromatic rings. The van der Waals surface area contributed by atoms with E-state index in [1.165, 1.54) is 17.7 Å². The maximum absolute atomic E-state index is 12.8. The summed E-state index contributed by atoms with van der Waals surface area (Å²) in [5.74, 6) is -0.863. The van der Waals surface area contributed by atoms with Crippen LogP contribution in [0.15, 0.2) is 62.4 Å². The Morgan fingerprint density at radius 2 is 1.90 bits per heavy atom. The predicted octanol–water partition coefficient (Wildman–Crippen LogP) is 3.42. The minimum Gasteiger partial charge on any atom is -0.450 e. The van der Waals surface area contributed by atoms with Crippen LogP contribution in [-0.2, 0) is 21.4 Å². The van der Waals surface area contributed by atoms with Crippen molar-refractivity contribution in [2.24, 2.45) is 7.05 Å². The van der Waals surface area contributed by atoms with Gasteiger partial charge in [0.25, 0.3) is 11.5 Å². The molecule has 0 aliphatic heterocycles. The minimum atomic E-state index is -1.10. The van der Waals surface area contributed by atoms with Gasteiger partial charge in [-0.3, -0.25) is 14.3 Å². The number of ether oxygens (including phenoxy) is 1. The molecule has 156 valence electrons. The largest absolute Gasteiger partial charge is 0.450 e. The topological polar surface area (TPSA) is 95.5 Å². The first-order chi connectivity index (χ1) is 14.3. The van der Waals surface area contributed by atoms with Gasteiger partial charge >= 0.3 is 5.97 Å². The second-order valence-electron chi connectivity index (χ2n) is 6.48. The summed E-state index contributed by atoms with van der Waals surface area (Å²) in [6, 6.07) is 12.4. The molecule has 0 aliphatic carbocycles. The number of nitrogens with one attached hydrogen (secondary N) is 1. The maximum atomic E-state index is 12.8. The highest BCUT2D eigenvalue weighted by Gasteiger charge is 2.22. The lowest BCUT2D eigenvalue weighted by atomic mass is 10.3. The van der Waals surface area contributed by atoms with Gasteiger partial charge in [0.1, 0.15) is 11.4 Å². The highest BCUT2D eigenvalue weighted by atomic mass is 79.9. The molecule has 1 aromatic carbocycles. The van der Waals surface area contributed by atoms with E-state index < -0.39 is 18.0 Å². The molecule has 0 bridgehead atoms. The van der Waals surface area contributed by atoms with Crippen LogP contribution in [0.3, 0.4) is 0 Å². The monoisotopic (exact) mass is 473 g/mol. The van der Waals surface area contributed by atoms with E-state index in [1.54, 1.807) is 42.9 Å². The van der Waals surface area contributed by atoms with Gasteiger partial charge in [-0.15, -0.1) is 0 Å². The molecule has 0 radical (unpaired) electrons. The van der Waals surface area contributed by atoms with Crippen molar-refractivity contribution in [1.29, 1.82) is 0 Å². The van der Waals surface area contributed by atoms with E-state index in [-0.39, 0.29) is 11.2 Å². The van der Waals surface area contributed by atoms with E-state index in [0.717, 1.165) is 6.08 Å². The van der Waals surface area contributed by atoms with Gasteiger partial charge < -0.3 is 14.5 Å². The first-order valence-electron chi connectivity index (χ1n) is 9.07. The first-order valence-corrected chi connectivity index (χ1v) is 9.86. The van der Waals surface area contributed by atoms with Crippen LogP contribution in [0, 0.1) is 6.92 Å². The number of anilines is 1. The van der Waals surface area contributed by atoms with Crippen molar-refractivity contribution in [3.05, 3.63) is 75.0 Å². The van der Waals surface area contributed by atoms with Crippen molar-refractivity contribution < 1.29 is 18.7 Å². The fourth-order valence-electron chi connectivity index (χ4n) is 2.77. The van der Waals surface area contributed by atoms with Crippen LogP contribution in [0.2, 0.25) is 0 Å². The number of nitrogens with zero attached hydrogens (tertiary/aromatic N) is 2. The number of hydrogen-bond acceptors (Lipinski definition) is 5. The number of aromatic nitrogens is 2. The first kappa shape index (κ1) is 21.4. The average molecular weight is 474 g/mol. The summed E-state index contributed by atoms with van der Waals surface area (Å²) in [6.07, 6.45) is 1.48. The van der Waals surface area contributed by atoms with Gasteiger partial charge in [0.2, 0.25) is 0 Å². The Morgan fingerprint density at radius 3 is 2.53 bits per heavy atom. The molecule has 0 aliphatic rings. The number of rotatable bonds is 6. The van der Waals surface area contributed by atoms with Crippen LogP contribution in [0.1, 0.15) is 18.4 Å². The van der Waals surface area contributed by atoms with Crippen LogP contribution >= 0.6 is 15.9 Å². The summed E-state index contributed by atoms with van der Waals surface area (Å²) in [5, 5.41) is 2.57. The third-order valence-corrected chi connectivity index (χ3v) is 4.87. The van der Waals surface area contributed by atoms with Crippen LogP contribution in [0.25, 0.3) is 11.8 Å². The van der Waals surface area contributed by atoms with Crippen molar-refractivity contribution in [3.63, 3.8) is 0 Å². The standard InChI is InChI=1S/C21H20BrN3O5/c1-13-19(21(28)25(24(13)3)15-7-5-4-6-8-15)23-20(27)14(2)29-18(26)12-10-16-9-11-17(22)30-16/h4-12,14H,1-3H3,(H,23,27)/b12-10+. The molecule has 0 spiro atoms. The van der Waals surface area contributed by atoms with Gasteiger partial charge in [0.15, 0.2) is 10.8 Å². The third-order valence-electron chi connectivity index (χ3n) is 4.44. The van der Waals surface area contributed by atoms with E-state index >= 15 is 0 Å². The van der Waals surface area contributed by atoms with Gasteiger partial charge in [0, 0.05) is 13.1 Å². The molecule has 8 nitrogen and oxygen atoms in total. The van der Waals surface area contributed by atoms with Crippen molar-refractivity contribution in [1.82, 2.24) is 9.36 Å². The summed E-state index contributed by atoms with van der Waals surface area (Å²) < 4.78 is 14.0. The minimum absolute atomic E-state index is 0.130. The second kappa shape index (κ2) is 9.00. The number of esters is 1. The van der Waals surface area contributed by atoms with Crippen LogP contribution in [-0.4, -0.2) is 27.3 Å². The number of hydrogen-bond donors (Lipinski definition) is 1. The Labute approximate surface area is 180 Å². The van der Waals surface area contributed by atoms with E-state index in [1.807, 2.05) is 18.2 Å². The molecule has 3 rings (SSSR count). The summed E-state index contributed by atoms with van der Waals surface area (Å²) >= 11 is 3.16. The molecule has 0 saturated heterocycles. The molecule has 30 heavy (non-hydrogen) atoms. The Morgan fingerprint density at radius 1 is 1.20 bits per heavy atom. The van der Waals surface area contributed by atoms with E-state index in [0.29, 0.717) is 21.8 Å². The zero-order valence-corrected chi connectivity index (χ0v) is 18.2. The highest BCUT2D eigenvalue weighted by Crippen LogP contribution is 2.16. The molecule has 1 N–H and O–H groups in total. The fraction of sp³-hybridized carbons (Fsp3) is 0.190. The van der Waals surface area contributed by atoms with Crippen molar-refractivity contribution in [2.45, 2.75) is 20.0 Å². The zero-order valence-electron chi connectivity index (χ0n) is 16.6. The Bertz CT molecular complexity index is 1160. The number of amides is 1. The number of benzene rings is 1. The molecule has 1 amide bonds. The summed E-state index contributed by atoms with van der Waals surface area (Å²) in [7, 11) is 1.72. The Hall–Kier alpha value is -3.33. The quantitative estimate of drug-likeness (QED) is 0.437. The molecular weight excluding hydrogens is 454 g/mol. The second-order valence-corrected chi connectivity index (χ2v) is 7.26. The van der Waals surface area contributed by atoms with Gasteiger partial charge in [-0.1, -0.05) is 18.2 Å². The van der Waals surface area contributed by atoms with Crippen molar-refractivity contribution in [3.8, 4) is 5.69 Å². The number of carbonyl (C=O) groups excluding carboxylic acids is 2. The summed E-state index contributed by atoms with van der Waals surface area (Å²) in [5.41, 5.74) is 0.989. The molecule has 2 heterocycles. The van der Waals surface area contributed by atoms with Gasteiger partial charge in [-0.25, -0.2) is 9.48 Å². The molecular formula is C21H20BrN3O5. The van der Waals surface area contributed by atoms with Crippen molar-refractivity contribution in [2.75, 3.05) is 5.32 Å². The Kier molecular flexibility index (Phi) is 6.41. The maximum Gasteiger partial charge on any atom is 0.331 e. The summed E-state index contributed by atoms with van der Waals surface area (Å²) in [6.45, 7) is 3.15. The van der Waals surface area contributed by atoms with E-state index in [2.05, 4.69) is 21.2 Å². The van der Waals surface area contributed by atoms with Gasteiger partial charge in [0.05, 0.1) is 11.4 Å². The molecule has 1 unspecified atom stereocenters. The normalized spacial score (nSPS) is 12.1. The fourth-order valence-corrected chi connectivity index (χ4v) is 3.09. The lowest BCUT2D eigenvalue weighted by Gasteiger charge is -2.11. The number of halogens is 1. The number of furan rings is 1. The van der Waals surface area contributed by atoms with Crippen molar-refractivity contribution >= 4 is 39.6 Å². The van der Waals surface area contributed by atoms with Crippen LogP contribution in [0.5, 0.6) is 0 Å². The lowest BCUT2D eigenvalue weighted by molar-refractivity contribution is -0.148. The molecule has 1 atom stereocenters. The highest BCUT2D eigenvalue weighted by molar-refractivity contribution is 9.10. The lowest BCUT2D eigenvalue weighted by Crippen LogP contribution is -2.31. The predicted molar refractivity (Wildman–Crippen MR) is 115 cm³/mol. The Balaban J connectivity index is 1.70. The number of carbonyl (C=O) groups is 2. The smallest absolute Gasteiger partial charge is 0.331 e. The molecule has 0 saturated carbocycles. The van der Waals surface area contributed by atoms with Gasteiger partial charge in [-0.2, -0.15) is 0 Å². The zero-order chi connectivity index (χ0) is 21.8. The number of para-hydroxylation sites is 1.